The minimum Gasteiger partial charge on any atom is -0.387 e. The number of hydrogen-bond donors (Lipinski definition) is 2. The molecule has 0 aliphatic carbocycles. The molecule has 2 N–H and O–H groups in total. The molecular formula is C7H15NO2. The van der Waals surface area contributed by atoms with Gasteiger partial charge in [-0.25, -0.2) is 0 Å². The zero-order valence-corrected chi connectivity index (χ0v) is 6.51. The predicted molar refractivity (Wildman–Crippen MR) is 39.5 cm³/mol. The lowest BCUT2D eigenvalue weighted by Crippen LogP contribution is -2.37. The van der Waals surface area contributed by atoms with Crippen LogP contribution < -0.4 is 5.32 Å². The van der Waals surface area contributed by atoms with E-state index in [1.165, 1.54) is 0 Å². The van der Waals surface area contributed by atoms with Gasteiger partial charge in [-0.3, -0.25) is 4.79 Å². The highest BCUT2D eigenvalue weighted by atomic mass is 16.3. The van der Waals surface area contributed by atoms with Crippen molar-refractivity contribution in [2.45, 2.75) is 26.8 Å². The maximum atomic E-state index is 10.8. The van der Waals surface area contributed by atoms with E-state index in [4.69, 9.17) is 7.85 Å². The molecule has 60 valence electrons. The van der Waals surface area contributed by atoms with Gasteiger partial charge in [0.1, 0.15) is 6.56 Å². The van der Waals surface area contributed by atoms with Crippen molar-refractivity contribution in [3.63, 3.8) is 0 Å². The second-order valence-electron chi connectivity index (χ2n) is 2.62. The summed E-state index contributed by atoms with van der Waals surface area (Å²) in [6.07, 6.45) is 0. The van der Waals surface area contributed by atoms with E-state index >= 15 is 0 Å². The summed E-state index contributed by atoms with van der Waals surface area (Å²) in [6, 6.07) is -0.139. The smallest absolute Gasteiger partial charge is 0.245 e. The maximum Gasteiger partial charge on any atom is 0.245 e. The summed E-state index contributed by atoms with van der Waals surface area (Å²) in [5.41, 5.74) is 0. The first-order valence-corrected chi connectivity index (χ1v) is 3.28. The molecule has 0 aromatic carbocycles. The van der Waals surface area contributed by atoms with Crippen LogP contribution in [0.5, 0.6) is 0 Å². The lowest BCUT2D eigenvalue weighted by atomic mass is 10.1. The lowest BCUT2D eigenvalue weighted by Gasteiger charge is -2.16. The van der Waals surface area contributed by atoms with E-state index in [9.17, 15) is 4.79 Å². The fraction of sp³-hybridized carbons (Fsp3) is 0.857. The normalized spacial score (nSPS) is 17.7. The Kier molecular flexibility index (Phi) is 2.64. The topological polar surface area (TPSA) is 49.3 Å². The van der Waals surface area contributed by atoms with Crippen molar-refractivity contribution in [1.29, 1.82) is 0 Å². The van der Waals surface area contributed by atoms with Crippen LogP contribution in [0.1, 0.15) is 23.5 Å². The first-order valence-electron chi connectivity index (χ1n) is 4.28. The summed E-state index contributed by atoms with van der Waals surface area (Å²) >= 11 is 0. The van der Waals surface area contributed by atoms with Gasteiger partial charge in [0, 0.05) is 6.04 Å². The van der Waals surface area contributed by atoms with Crippen LogP contribution >= 0.6 is 0 Å². The first kappa shape index (κ1) is 6.16. The minimum absolute atomic E-state index is 0.139. The van der Waals surface area contributed by atoms with Gasteiger partial charge >= 0.3 is 0 Å². The molecule has 0 spiro atoms. The summed E-state index contributed by atoms with van der Waals surface area (Å²) in [6.45, 7) is 2.78. The minimum atomic E-state index is -2.77. The van der Waals surface area contributed by atoms with Gasteiger partial charge in [0.15, 0.2) is 0 Å². The molecule has 0 saturated carbocycles. The number of hydrogen-bond acceptors (Lipinski definition) is 2. The van der Waals surface area contributed by atoms with Crippen molar-refractivity contribution in [3.05, 3.63) is 0 Å². The Morgan fingerprint density at radius 1 is 1.70 bits per heavy atom. The van der Waals surface area contributed by atoms with Crippen LogP contribution in [0, 0.1) is 5.92 Å². The van der Waals surface area contributed by atoms with Crippen LogP contribution in [0.25, 0.3) is 0 Å². The van der Waals surface area contributed by atoms with Crippen molar-refractivity contribution >= 4 is 5.91 Å². The molecule has 0 radical (unpaired) electrons. The Morgan fingerprint density at radius 2 is 2.20 bits per heavy atom. The fourth-order valence-corrected chi connectivity index (χ4v) is 0.406. The molecule has 0 fully saturated rings. The highest BCUT2D eigenvalue weighted by Crippen LogP contribution is 1.98. The Bertz CT molecular complexity index is 165. The second-order valence-corrected chi connectivity index (χ2v) is 2.62. The molecule has 1 amide bonds. The van der Waals surface area contributed by atoms with Crippen LogP contribution in [0.2, 0.25) is 0 Å². The number of carbonyl (C=O) groups is 1. The second kappa shape index (κ2) is 4.28. The van der Waals surface area contributed by atoms with Crippen molar-refractivity contribution in [2.24, 2.45) is 5.92 Å². The summed E-state index contributed by atoms with van der Waals surface area (Å²) in [7, 11) is 0. The average Bonchev–Trinajstić information content (AvgIpc) is 1.85. The van der Waals surface area contributed by atoms with Crippen molar-refractivity contribution in [2.75, 3.05) is 6.56 Å². The standard InChI is InChI=1S/C7H15NO2/c1-5(2)6(3)8-7(10)4-9/h5-6,9H,4H2,1-3H3,(H,8,10)/t6-/m0/s1/i4D2. The molecule has 1 atom stereocenters. The number of amides is 1. The zero-order chi connectivity index (χ0) is 9.94. The zero-order valence-electron chi connectivity index (χ0n) is 8.51. The Labute approximate surface area is 64.2 Å². The summed E-state index contributed by atoms with van der Waals surface area (Å²) in [5, 5.41) is 11.0. The molecule has 3 heteroatoms. The van der Waals surface area contributed by atoms with Crippen LogP contribution in [-0.4, -0.2) is 23.6 Å². The third kappa shape index (κ3) is 3.45. The van der Waals surface area contributed by atoms with Gasteiger partial charge in [0.05, 0.1) is 2.74 Å². The average molecular weight is 147 g/mol. The molecule has 3 nitrogen and oxygen atoms in total. The fourth-order valence-electron chi connectivity index (χ4n) is 0.406. The van der Waals surface area contributed by atoms with E-state index in [1.54, 1.807) is 6.92 Å². The summed E-state index contributed by atoms with van der Waals surface area (Å²) in [4.78, 5) is 10.8. The molecule has 0 rings (SSSR count). The molecule has 0 heterocycles. The molecule has 0 aliphatic rings. The molecule has 0 aromatic heterocycles. The maximum absolute atomic E-state index is 10.8. The Balaban J connectivity index is 4.02. The highest BCUT2D eigenvalue weighted by Gasteiger charge is 2.08. The summed E-state index contributed by atoms with van der Waals surface area (Å²) < 4.78 is 13.4. The van der Waals surface area contributed by atoms with Crippen LogP contribution in [0.4, 0.5) is 0 Å². The monoisotopic (exact) mass is 147 g/mol. The van der Waals surface area contributed by atoms with Crippen LogP contribution in [0.3, 0.4) is 0 Å². The first-order chi connectivity index (χ1) is 5.25. The van der Waals surface area contributed by atoms with Gasteiger partial charge in [-0.05, 0) is 12.8 Å². The van der Waals surface area contributed by atoms with Crippen molar-refractivity contribution < 1.29 is 12.6 Å². The number of rotatable bonds is 3. The van der Waals surface area contributed by atoms with Crippen LogP contribution in [-0.2, 0) is 4.79 Å². The molecule has 0 bridgehead atoms. The predicted octanol–water partition coefficient (Wildman–Crippen LogP) is 0.139. The van der Waals surface area contributed by atoms with Gasteiger partial charge in [0.2, 0.25) is 5.91 Å². The Morgan fingerprint density at radius 3 is 2.50 bits per heavy atom. The SMILES string of the molecule is [2H]C([2H])(O)C(=O)N[C@@H](C)C(C)C. The summed E-state index contributed by atoms with van der Waals surface area (Å²) in [5.74, 6) is -0.764. The van der Waals surface area contributed by atoms with Gasteiger partial charge < -0.3 is 10.4 Å². The van der Waals surface area contributed by atoms with Gasteiger partial charge in [-0.1, -0.05) is 13.8 Å². The molecule has 0 saturated heterocycles. The molecular weight excluding hydrogens is 130 g/mol. The van der Waals surface area contributed by atoms with E-state index in [2.05, 4.69) is 5.32 Å². The third-order valence-electron chi connectivity index (χ3n) is 1.46. The van der Waals surface area contributed by atoms with E-state index in [1.807, 2.05) is 13.8 Å². The van der Waals surface area contributed by atoms with E-state index in [0.29, 0.717) is 0 Å². The highest BCUT2D eigenvalue weighted by molar-refractivity contribution is 5.77. The number of aliphatic hydroxyl groups is 1. The Hall–Kier alpha value is -0.570. The quantitative estimate of drug-likeness (QED) is 0.596. The largest absolute Gasteiger partial charge is 0.387 e. The number of carbonyl (C=O) groups excluding carboxylic acids is 1. The molecule has 0 aromatic rings. The van der Waals surface area contributed by atoms with Gasteiger partial charge in [0.25, 0.3) is 0 Å². The van der Waals surface area contributed by atoms with Crippen molar-refractivity contribution in [3.8, 4) is 0 Å². The molecule has 10 heavy (non-hydrogen) atoms. The van der Waals surface area contributed by atoms with E-state index < -0.39 is 12.5 Å². The van der Waals surface area contributed by atoms with Gasteiger partial charge in [-0.2, -0.15) is 0 Å². The molecule has 0 aliphatic heterocycles. The van der Waals surface area contributed by atoms with Gasteiger partial charge in [-0.15, -0.1) is 0 Å². The molecule has 0 unspecified atom stereocenters. The van der Waals surface area contributed by atoms with Crippen molar-refractivity contribution in [1.82, 2.24) is 5.32 Å². The number of nitrogens with one attached hydrogen (secondary N) is 1. The lowest BCUT2D eigenvalue weighted by molar-refractivity contribution is -0.124. The van der Waals surface area contributed by atoms with E-state index in [0.717, 1.165) is 0 Å². The third-order valence-corrected chi connectivity index (χ3v) is 1.46. The van der Waals surface area contributed by atoms with Crippen LogP contribution in [0.15, 0.2) is 0 Å². The van der Waals surface area contributed by atoms with E-state index in [-0.39, 0.29) is 12.0 Å².